The molecule has 1 aliphatic heterocycles. The first-order valence-corrected chi connectivity index (χ1v) is 8.44. The second kappa shape index (κ2) is 6.94. The van der Waals surface area contributed by atoms with Gasteiger partial charge in [0.25, 0.3) is 5.91 Å². The lowest BCUT2D eigenvalue weighted by molar-refractivity contribution is -0.115. The molecule has 0 unspecified atom stereocenters. The number of rotatable bonds is 3. The molecule has 5 nitrogen and oxygen atoms in total. The molecule has 2 N–H and O–H groups in total. The number of hydrogen-bond donors (Lipinski definition) is 2. The van der Waals surface area contributed by atoms with Crippen molar-refractivity contribution in [3.8, 4) is 0 Å². The maximum Gasteiger partial charge on any atom is 0.337 e. The van der Waals surface area contributed by atoms with Crippen LogP contribution in [0.3, 0.4) is 0 Å². The number of hydrogen-bond acceptors (Lipinski definition) is 4. The van der Waals surface area contributed by atoms with Gasteiger partial charge in [0.2, 0.25) is 0 Å². The Balaban J connectivity index is 1.92. The second-order valence-corrected chi connectivity index (χ2v) is 6.75. The third kappa shape index (κ3) is 3.97. The predicted molar refractivity (Wildman–Crippen MR) is 100 cm³/mol. The SMILES string of the molecule is Cc1cccc(/C=C2\SC(=Nc3cc(C)ccc3C(=O)O)NC2=O)c1. The van der Waals surface area contributed by atoms with E-state index in [9.17, 15) is 14.7 Å². The van der Waals surface area contributed by atoms with Crippen molar-refractivity contribution in [2.45, 2.75) is 13.8 Å². The van der Waals surface area contributed by atoms with Crippen LogP contribution in [0.5, 0.6) is 0 Å². The van der Waals surface area contributed by atoms with Crippen LogP contribution in [0.15, 0.2) is 52.4 Å². The number of amides is 1. The van der Waals surface area contributed by atoms with Crippen LogP contribution in [0, 0.1) is 13.8 Å². The number of aryl methyl sites for hydroxylation is 2. The van der Waals surface area contributed by atoms with Crippen LogP contribution in [0.1, 0.15) is 27.0 Å². The molecule has 1 aliphatic rings. The van der Waals surface area contributed by atoms with E-state index in [0.29, 0.717) is 15.8 Å². The summed E-state index contributed by atoms with van der Waals surface area (Å²) in [6.07, 6.45) is 1.80. The zero-order chi connectivity index (χ0) is 18.0. The molecule has 3 rings (SSSR count). The Labute approximate surface area is 149 Å². The van der Waals surface area contributed by atoms with Crippen LogP contribution in [-0.2, 0) is 4.79 Å². The van der Waals surface area contributed by atoms with Gasteiger partial charge >= 0.3 is 5.97 Å². The molecule has 2 aromatic carbocycles. The fraction of sp³-hybridized carbons (Fsp3) is 0.105. The van der Waals surface area contributed by atoms with Gasteiger partial charge in [-0.1, -0.05) is 35.9 Å². The van der Waals surface area contributed by atoms with Gasteiger partial charge in [-0.25, -0.2) is 9.79 Å². The van der Waals surface area contributed by atoms with Gasteiger partial charge in [-0.2, -0.15) is 0 Å². The van der Waals surface area contributed by atoms with Crippen LogP contribution in [-0.4, -0.2) is 22.2 Å². The highest BCUT2D eigenvalue weighted by atomic mass is 32.2. The van der Waals surface area contributed by atoms with Crippen molar-refractivity contribution >= 4 is 40.6 Å². The highest BCUT2D eigenvalue weighted by molar-refractivity contribution is 8.18. The number of amidine groups is 1. The van der Waals surface area contributed by atoms with Gasteiger partial charge in [0.05, 0.1) is 16.2 Å². The molecule has 0 bridgehead atoms. The largest absolute Gasteiger partial charge is 0.478 e. The van der Waals surface area contributed by atoms with E-state index in [4.69, 9.17) is 0 Å². The Morgan fingerprint density at radius 3 is 2.64 bits per heavy atom. The second-order valence-electron chi connectivity index (χ2n) is 5.72. The smallest absolute Gasteiger partial charge is 0.337 e. The van der Waals surface area contributed by atoms with Crippen molar-refractivity contribution in [1.82, 2.24) is 5.32 Å². The maximum atomic E-state index is 12.2. The molecule has 0 aromatic heterocycles. The summed E-state index contributed by atoms with van der Waals surface area (Å²) >= 11 is 1.20. The number of aliphatic imine (C=N–C) groups is 1. The molecule has 25 heavy (non-hydrogen) atoms. The van der Waals surface area contributed by atoms with Crippen LogP contribution in [0.2, 0.25) is 0 Å². The van der Waals surface area contributed by atoms with Crippen molar-refractivity contribution in [1.29, 1.82) is 0 Å². The summed E-state index contributed by atoms with van der Waals surface area (Å²) in [5.74, 6) is -1.29. The molecule has 0 atom stereocenters. The van der Waals surface area contributed by atoms with Crippen LogP contribution in [0.4, 0.5) is 5.69 Å². The van der Waals surface area contributed by atoms with E-state index in [1.165, 1.54) is 17.8 Å². The maximum absolute atomic E-state index is 12.2. The summed E-state index contributed by atoms with van der Waals surface area (Å²) in [5, 5.41) is 12.3. The van der Waals surface area contributed by atoms with Crippen molar-refractivity contribution in [3.05, 3.63) is 69.6 Å². The van der Waals surface area contributed by atoms with Gasteiger partial charge in [0.1, 0.15) is 0 Å². The fourth-order valence-electron chi connectivity index (χ4n) is 2.42. The van der Waals surface area contributed by atoms with Crippen LogP contribution >= 0.6 is 11.8 Å². The van der Waals surface area contributed by atoms with Crippen LogP contribution < -0.4 is 5.32 Å². The molecular weight excluding hydrogens is 336 g/mol. The first-order chi connectivity index (χ1) is 11.9. The summed E-state index contributed by atoms with van der Waals surface area (Å²) in [6, 6.07) is 12.7. The average Bonchev–Trinajstić information content (AvgIpc) is 2.86. The number of nitrogens with one attached hydrogen (secondary N) is 1. The lowest BCUT2D eigenvalue weighted by Crippen LogP contribution is -2.19. The number of carbonyl (C=O) groups is 2. The van der Waals surface area contributed by atoms with E-state index < -0.39 is 5.97 Å². The summed E-state index contributed by atoms with van der Waals surface area (Å²) in [6.45, 7) is 3.85. The standard InChI is InChI=1S/C19H16N2O3S/c1-11-4-3-5-13(8-11)10-16-17(22)21-19(25-16)20-15-9-12(2)6-7-14(15)18(23)24/h3-10H,1-2H3,(H,23,24)(H,20,21,22)/b16-10-. The quantitative estimate of drug-likeness (QED) is 0.821. The van der Waals surface area contributed by atoms with E-state index in [1.54, 1.807) is 18.2 Å². The van der Waals surface area contributed by atoms with Gasteiger partial charge in [0.15, 0.2) is 5.17 Å². The van der Waals surface area contributed by atoms with E-state index >= 15 is 0 Å². The summed E-state index contributed by atoms with van der Waals surface area (Å²) in [5.41, 5.74) is 3.36. The molecule has 0 radical (unpaired) electrons. The van der Waals surface area contributed by atoms with E-state index in [1.807, 2.05) is 38.1 Å². The molecule has 0 spiro atoms. The molecule has 0 saturated carbocycles. The van der Waals surface area contributed by atoms with Crippen molar-refractivity contribution in [2.75, 3.05) is 0 Å². The molecule has 1 heterocycles. The summed E-state index contributed by atoms with van der Waals surface area (Å²) in [4.78, 5) is 28.3. The number of thioether (sulfide) groups is 1. The number of aromatic carboxylic acids is 1. The zero-order valence-electron chi connectivity index (χ0n) is 13.7. The lowest BCUT2D eigenvalue weighted by atomic mass is 10.1. The Kier molecular flexibility index (Phi) is 4.72. The number of benzene rings is 2. The van der Waals surface area contributed by atoms with Gasteiger partial charge in [-0.3, -0.25) is 4.79 Å². The molecule has 126 valence electrons. The Bertz CT molecular complexity index is 932. The van der Waals surface area contributed by atoms with E-state index in [0.717, 1.165) is 16.7 Å². The molecular formula is C19H16N2O3S. The number of nitrogens with zero attached hydrogens (tertiary/aromatic N) is 1. The minimum atomic E-state index is -1.05. The van der Waals surface area contributed by atoms with Crippen molar-refractivity contribution in [3.63, 3.8) is 0 Å². The van der Waals surface area contributed by atoms with Crippen molar-refractivity contribution in [2.24, 2.45) is 4.99 Å². The normalized spacial score (nSPS) is 17.1. The average molecular weight is 352 g/mol. The third-order valence-corrected chi connectivity index (χ3v) is 4.51. The molecule has 1 saturated heterocycles. The van der Waals surface area contributed by atoms with Gasteiger partial charge in [-0.05, 0) is 54.9 Å². The molecule has 2 aromatic rings. The lowest BCUT2D eigenvalue weighted by Gasteiger charge is -2.03. The monoisotopic (exact) mass is 352 g/mol. The van der Waals surface area contributed by atoms with Gasteiger partial charge in [0, 0.05) is 0 Å². The molecule has 1 fully saturated rings. The highest BCUT2D eigenvalue weighted by Crippen LogP contribution is 2.29. The van der Waals surface area contributed by atoms with Crippen LogP contribution in [0.25, 0.3) is 6.08 Å². The van der Waals surface area contributed by atoms with Gasteiger partial charge in [-0.15, -0.1) is 0 Å². The summed E-state index contributed by atoms with van der Waals surface area (Å²) in [7, 11) is 0. The van der Waals surface area contributed by atoms with Crippen molar-refractivity contribution < 1.29 is 14.7 Å². The minimum absolute atomic E-state index is 0.101. The first kappa shape index (κ1) is 17.0. The molecule has 6 heteroatoms. The van der Waals surface area contributed by atoms with Gasteiger partial charge < -0.3 is 10.4 Å². The zero-order valence-corrected chi connectivity index (χ0v) is 14.6. The topological polar surface area (TPSA) is 78.8 Å². The fourth-order valence-corrected chi connectivity index (χ4v) is 3.25. The highest BCUT2D eigenvalue weighted by Gasteiger charge is 2.24. The number of carboxylic acids is 1. The summed E-state index contributed by atoms with van der Waals surface area (Å²) < 4.78 is 0. The minimum Gasteiger partial charge on any atom is -0.478 e. The molecule has 0 aliphatic carbocycles. The van der Waals surface area contributed by atoms with E-state index in [-0.39, 0.29) is 11.5 Å². The van der Waals surface area contributed by atoms with E-state index in [2.05, 4.69) is 10.3 Å². The molecule has 1 amide bonds. The Morgan fingerprint density at radius 1 is 1.16 bits per heavy atom. The first-order valence-electron chi connectivity index (χ1n) is 7.62. The Hall–Kier alpha value is -2.86. The third-order valence-electron chi connectivity index (χ3n) is 3.60. The Morgan fingerprint density at radius 2 is 1.92 bits per heavy atom. The predicted octanol–water partition coefficient (Wildman–Crippen LogP) is 3.89. The number of carboxylic acid groups (broad SMARTS) is 1. The number of carbonyl (C=O) groups excluding carboxylic acids is 1.